The maximum Gasteiger partial charge on any atom is 0.416 e. The number of likely N-dealkylation sites (N-methyl/N-ethyl adjacent to an activating group) is 1. The molecule has 2 aromatic heterocycles. The van der Waals surface area contributed by atoms with Crippen molar-refractivity contribution in [2.24, 2.45) is 0 Å². The second-order valence-corrected chi connectivity index (χ2v) is 6.59. The first kappa shape index (κ1) is 18.9. The zero-order valence-electron chi connectivity index (χ0n) is 15.2. The fourth-order valence-corrected chi connectivity index (χ4v) is 2.59. The average molecular weight is 376 g/mol. The average Bonchev–Trinajstić information content (AvgIpc) is 3.02. The summed E-state index contributed by atoms with van der Waals surface area (Å²) in [6.07, 6.45) is -2.84. The third-order valence-corrected chi connectivity index (χ3v) is 4.44. The van der Waals surface area contributed by atoms with E-state index in [4.69, 9.17) is 0 Å². The van der Waals surface area contributed by atoms with Crippen LogP contribution in [0.3, 0.4) is 0 Å². The van der Waals surface area contributed by atoms with E-state index in [1.165, 1.54) is 12.1 Å². The third-order valence-electron chi connectivity index (χ3n) is 4.44. The minimum absolute atomic E-state index is 0.0722. The number of aromatic nitrogens is 3. The molecule has 0 fully saturated rings. The van der Waals surface area contributed by atoms with Crippen molar-refractivity contribution < 1.29 is 18.0 Å². The van der Waals surface area contributed by atoms with Gasteiger partial charge in [-0.1, -0.05) is 12.1 Å². The van der Waals surface area contributed by atoms with Crippen molar-refractivity contribution in [2.45, 2.75) is 32.6 Å². The number of rotatable bonds is 4. The number of hydrogen-bond acceptors (Lipinski definition) is 3. The van der Waals surface area contributed by atoms with Crippen molar-refractivity contribution in [3.05, 3.63) is 48.3 Å². The Hall–Kier alpha value is -2.90. The van der Waals surface area contributed by atoms with Gasteiger partial charge >= 0.3 is 6.18 Å². The van der Waals surface area contributed by atoms with Crippen LogP contribution in [0.2, 0.25) is 0 Å². The van der Waals surface area contributed by atoms with Crippen LogP contribution in [0.1, 0.15) is 19.4 Å². The number of hydrogen-bond donors (Lipinski definition) is 0. The summed E-state index contributed by atoms with van der Waals surface area (Å²) in [5, 5.41) is 0. The van der Waals surface area contributed by atoms with Gasteiger partial charge in [-0.25, -0.2) is 9.97 Å². The van der Waals surface area contributed by atoms with Gasteiger partial charge in [0.15, 0.2) is 5.65 Å². The van der Waals surface area contributed by atoms with Crippen molar-refractivity contribution >= 4 is 17.1 Å². The van der Waals surface area contributed by atoms with Gasteiger partial charge < -0.3 is 9.47 Å². The molecule has 0 aliphatic rings. The standard InChI is InChI=1S/C19H19F3N4O/c1-12(2)25(3)17(27)10-26-11-23-16-9-8-15(24-18(16)26)13-4-6-14(7-5-13)19(20,21)22/h4-9,11-12H,10H2,1-3H3. The molecule has 0 radical (unpaired) electrons. The Morgan fingerprint density at radius 2 is 1.81 bits per heavy atom. The number of alkyl halides is 3. The summed E-state index contributed by atoms with van der Waals surface area (Å²) in [7, 11) is 1.73. The molecule has 1 aromatic carbocycles. The van der Waals surface area contributed by atoms with Gasteiger partial charge in [0.2, 0.25) is 5.91 Å². The lowest BCUT2D eigenvalue weighted by atomic mass is 10.1. The maximum atomic E-state index is 12.7. The van der Waals surface area contributed by atoms with E-state index in [0.717, 1.165) is 12.1 Å². The fraction of sp³-hybridized carbons (Fsp3) is 0.316. The van der Waals surface area contributed by atoms with Gasteiger partial charge in [-0.2, -0.15) is 13.2 Å². The summed E-state index contributed by atoms with van der Waals surface area (Å²) in [6.45, 7) is 3.93. The highest BCUT2D eigenvalue weighted by Gasteiger charge is 2.30. The Kier molecular flexibility index (Phi) is 4.91. The summed E-state index contributed by atoms with van der Waals surface area (Å²) in [5.41, 5.74) is 1.49. The highest BCUT2D eigenvalue weighted by molar-refractivity contribution is 5.80. The lowest BCUT2D eigenvalue weighted by molar-refractivity contribution is -0.137. The number of pyridine rings is 1. The van der Waals surface area contributed by atoms with E-state index in [0.29, 0.717) is 22.4 Å². The van der Waals surface area contributed by atoms with Crippen molar-refractivity contribution in [3.8, 4) is 11.3 Å². The number of fused-ring (bicyclic) bond motifs is 1. The molecule has 3 rings (SSSR count). The zero-order chi connectivity index (χ0) is 19.8. The van der Waals surface area contributed by atoms with Crippen LogP contribution in [-0.2, 0) is 17.5 Å². The largest absolute Gasteiger partial charge is 0.416 e. The number of imidazole rings is 1. The molecule has 5 nitrogen and oxygen atoms in total. The molecule has 0 atom stereocenters. The summed E-state index contributed by atoms with van der Waals surface area (Å²) >= 11 is 0. The molecular weight excluding hydrogens is 357 g/mol. The van der Waals surface area contributed by atoms with Crippen LogP contribution in [0.5, 0.6) is 0 Å². The first-order valence-electron chi connectivity index (χ1n) is 8.42. The topological polar surface area (TPSA) is 51.0 Å². The molecule has 8 heteroatoms. The lowest BCUT2D eigenvalue weighted by Gasteiger charge is -2.21. The minimum atomic E-state index is -4.38. The number of benzene rings is 1. The SMILES string of the molecule is CC(C)N(C)C(=O)Cn1cnc2ccc(-c3ccc(C(F)(F)F)cc3)nc21. The molecule has 2 heterocycles. The van der Waals surface area contributed by atoms with Crippen molar-refractivity contribution in [1.82, 2.24) is 19.4 Å². The molecule has 3 aromatic rings. The first-order chi connectivity index (χ1) is 12.7. The van der Waals surface area contributed by atoms with E-state index in [9.17, 15) is 18.0 Å². The molecule has 0 spiro atoms. The second-order valence-electron chi connectivity index (χ2n) is 6.59. The molecule has 0 unspecified atom stereocenters. The predicted molar refractivity (Wildman–Crippen MR) is 95.9 cm³/mol. The number of amides is 1. The quantitative estimate of drug-likeness (QED) is 0.692. The Morgan fingerprint density at radius 3 is 2.41 bits per heavy atom. The van der Waals surface area contributed by atoms with Crippen LogP contribution < -0.4 is 0 Å². The predicted octanol–water partition coefficient (Wildman–Crippen LogP) is 3.98. The lowest BCUT2D eigenvalue weighted by Crippen LogP contribution is -2.35. The number of halogens is 3. The zero-order valence-corrected chi connectivity index (χ0v) is 15.2. The Balaban J connectivity index is 1.92. The van der Waals surface area contributed by atoms with Crippen LogP contribution in [0.4, 0.5) is 13.2 Å². The van der Waals surface area contributed by atoms with Gasteiger partial charge in [-0.15, -0.1) is 0 Å². The molecule has 0 saturated heterocycles. The Labute approximate surface area is 154 Å². The number of carbonyl (C=O) groups is 1. The summed E-state index contributed by atoms with van der Waals surface area (Å²) in [4.78, 5) is 22.7. The molecule has 27 heavy (non-hydrogen) atoms. The third kappa shape index (κ3) is 3.94. The number of nitrogens with zero attached hydrogens (tertiary/aromatic N) is 4. The van der Waals surface area contributed by atoms with Crippen molar-refractivity contribution in [1.29, 1.82) is 0 Å². The molecule has 1 amide bonds. The van der Waals surface area contributed by atoms with Gasteiger partial charge in [0.25, 0.3) is 0 Å². The molecule has 0 bridgehead atoms. The fourth-order valence-electron chi connectivity index (χ4n) is 2.59. The van der Waals surface area contributed by atoms with Gasteiger partial charge in [0.1, 0.15) is 12.1 Å². The van der Waals surface area contributed by atoms with Crippen molar-refractivity contribution in [3.63, 3.8) is 0 Å². The van der Waals surface area contributed by atoms with Crippen LogP contribution in [0.25, 0.3) is 22.4 Å². The van der Waals surface area contributed by atoms with Crippen molar-refractivity contribution in [2.75, 3.05) is 7.05 Å². The molecule has 0 saturated carbocycles. The molecule has 0 aliphatic carbocycles. The Morgan fingerprint density at radius 1 is 1.15 bits per heavy atom. The second kappa shape index (κ2) is 7.02. The van der Waals surface area contributed by atoms with Crippen LogP contribution in [-0.4, -0.2) is 38.4 Å². The van der Waals surface area contributed by atoms with E-state index in [1.54, 1.807) is 35.0 Å². The smallest absolute Gasteiger partial charge is 0.342 e. The van der Waals surface area contributed by atoms with Gasteiger partial charge in [-0.3, -0.25) is 4.79 Å². The van der Waals surface area contributed by atoms with E-state index in [-0.39, 0.29) is 18.5 Å². The summed E-state index contributed by atoms with van der Waals surface area (Å²) < 4.78 is 39.8. The molecular formula is C19H19F3N4O. The normalized spacial score (nSPS) is 12.0. The van der Waals surface area contributed by atoms with E-state index < -0.39 is 11.7 Å². The molecule has 0 N–H and O–H groups in total. The summed E-state index contributed by atoms with van der Waals surface area (Å²) in [6, 6.07) is 8.33. The first-order valence-corrected chi connectivity index (χ1v) is 8.42. The van der Waals surface area contributed by atoms with Crippen LogP contribution in [0, 0.1) is 0 Å². The molecule has 142 valence electrons. The number of carbonyl (C=O) groups excluding carboxylic acids is 1. The van der Waals surface area contributed by atoms with Gasteiger partial charge in [0.05, 0.1) is 17.6 Å². The highest BCUT2D eigenvalue weighted by atomic mass is 19.4. The monoisotopic (exact) mass is 376 g/mol. The highest BCUT2D eigenvalue weighted by Crippen LogP contribution is 2.31. The van der Waals surface area contributed by atoms with E-state index in [1.807, 2.05) is 13.8 Å². The van der Waals surface area contributed by atoms with Gasteiger partial charge in [-0.05, 0) is 38.1 Å². The molecule has 0 aliphatic heterocycles. The Bertz CT molecular complexity index is 961. The van der Waals surface area contributed by atoms with Gasteiger partial charge in [0, 0.05) is 18.7 Å². The minimum Gasteiger partial charge on any atom is -0.342 e. The van der Waals surface area contributed by atoms with Crippen LogP contribution in [0.15, 0.2) is 42.7 Å². The maximum absolute atomic E-state index is 12.7. The van der Waals surface area contributed by atoms with Crippen LogP contribution >= 0.6 is 0 Å². The van der Waals surface area contributed by atoms with E-state index in [2.05, 4.69) is 9.97 Å². The summed E-state index contributed by atoms with van der Waals surface area (Å²) in [5.74, 6) is -0.0777. The van der Waals surface area contributed by atoms with E-state index >= 15 is 0 Å².